The summed E-state index contributed by atoms with van der Waals surface area (Å²) in [5.74, 6) is 0. The maximum atomic E-state index is 4.59. The predicted octanol–water partition coefficient (Wildman–Crippen LogP) is 9.64. The van der Waals surface area contributed by atoms with Gasteiger partial charge in [0, 0.05) is 0 Å². The van der Waals surface area contributed by atoms with Crippen LogP contribution in [0.4, 0.5) is 0 Å². The van der Waals surface area contributed by atoms with Crippen molar-refractivity contribution >= 4 is 12.2 Å². The molecule has 0 aliphatic rings. The Hall–Kier alpha value is -0.977. The van der Waals surface area contributed by atoms with Crippen LogP contribution in [0.15, 0.2) is 91.0 Å². The third kappa shape index (κ3) is 6.54. The third-order valence-electron chi connectivity index (χ3n) is 6.94. The standard InChI is InChI=1S/3C10H13.BrH.Zr/c3*1-10(2,3)9-7-5-4-6-8-9;;/h3*4-8H,1H2,2-3H3;1H;/q;;;;+1/p-1. The molecule has 0 amide bonds. The number of hydrogen-bond donors (Lipinski definition) is 0. The van der Waals surface area contributed by atoms with E-state index < -0.39 is 17.9 Å². The Balaban J connectivity index is 1.98. The summed E-state index contributed by atoms with van der Waals surface area (Å²) in [6, 6.07) is 33.3. The molecule has 32 heavy (non-hydrogen) atoms. The fourth-order valence-electron chi connectivity index (χ4n) is 5.54. The molecular weight excluding hydrogens is 531 g/mol. The minimum absolute atomic E-state index is 0.153. The van der Waals surface area contributed by atoms with Gasteiger partial charge in [-0.25, -0.2) is 0 Å². The Morgan fingerprint density at radius 1 is 0.469 bits per heavy atom. The Morgan fingerprint density at radius 2 is 0.688 bits per heavy atom. The second kappa shape index (κ2) is 10.1. The normalized spacial score (nSPS) is 13.2. The number of benzene rings is 3. The van der Waals surface area contributed by atoms with Crippen LogP contribution in [-0.4, -0.2) is 0 Å². The summed E-state index contributed by atoms with van der Waals surface area (Å²) in [7, 11) is 0. The first-order valence-corrected chi connectivity index (χ1v) is 22.6. The van der Waals surface area contributed by atoms with Gasteiger partial charge in [-0.3, -0.25) is 0 Å². The van der Waals surface area contributed by atoms with Crippen LogP contribution in [-0.2, 0) is 34.2 Å². The van der Waals surface area contributed by atoms with Gasteiger partial charge in [-0.15, -0.1) is 0 Å². The summed E-state index contributed by atoms with van der Waals surface area (Å²) in [5, 5.41) is 0. The van der Waals surface area contributed by atoms with Crippen LogP contribution in [0.5, 0.6) is 0 Å². The van der Waals surface area contributed by atoms with Crippen molar-refractivity contribution in [1.82, 2.24) is 0 Å². The molecule has 0 saturated carbocycles. The van der Waals surface area contributed by atoms with Gasteiger partial charge in [0.15, 0.2) is 0 Å². The monoisotopic (exact) mass is 568 g/mol. The van der Waals surface area contributed by atoms with Crippen molar-refractivity contribution in [2.75, 3.05) is 0 Å². The van der Waals surface area contributed by atoms with E-state index in [1.807, 2.05) is 0 Å². The van der Waals surface area contributed by atoms with E-state index in [0.29, 0.717) is 0 Å². The second-order valence-corrected chi connectivity index (χ2v) is 29.6. The molecule has 0 nitrogen and oxygen atoms in total. The summed E-state index contributed by atoms with van der Waals surface area (Å²) in [5.41, 5.74) is 4.82. The molecule has 0 radical (unpaired) electrons. The van der Waals surface area contributed by atoms with Crippen molar-refractivity contribution in [3.05, 3.63) is 108 Å². The Bertz CT molecular complexity index is 845. The summed E-state index contributed by atoms with van der Waals surface area (Å²) in [6.07, 6.45) is 0. The molecule has 0 atom stereocenters. The molecule has 2 heteroatoms. The van der Waals surface area contributed by atoms with Crippen molar-refractivity contribution in [3.8, 4) is 0 Å². The minimum atomic E-state index is -2.85. The van der Waals surface area contributed by atoms with Crippen LogP contribution in [0.25, 0.3) is 0 Å². The van der Waals surface area contributed by atoms with Crippen molar-refractivity contribution in [3.63, 3.8) is 0 Å². The zero-order chi connectivity index (χ0) is 23.5. The van der Waals surface area contributed by atoms with Crippen LogP contribution in [0, 0.1) is 0 Å². The molecule has 0 N–H and O–H groups in total. The first-order valence-electron chi connectivity index (χ1n) is 11.8. The summed E-state index contributed by atoms with van der Waals surface area (Å²) >= 11 is 1.75. The maximum absolute atomic E-state index is 4.59. The van der Waals surface area contributed by atoms with Crippen LogP contribution < -0.4 is 0 Å². The molecule has 0 aliphatic carbocycles. The molecule has 0 unspecified atom stereocenters. The van der Waals surface area contributed by atoms with Crippen molar-refractivity contribution in [1.29, 1.82) is 0 Å². The molecular formula is C30H39BrZr. The molecule has 0 aliphatic heterocycles. The van der Waals surface area contributed by atoms with Gasteiger partial charge in [0.25, 0.3) is 0 Å². The molecule has 0 aromatic heterocycles. The van der Waals surface area contributed by atoms with E-state index >= 15 is 0 Å². The van der Waals surface area contributed by atoms with Gasteiger partial charge in [-0.05, 0) is 0 Å². The van der Waals surface area contributed by atoms with Crippen molar-refractivity contribution < 1.29 is 17.9 Å². The van der Waals surface area contributed by atoms with E-state index in [0.717, 1.165) is 0 Å². The Kier molecular flexibility index (Phi) is 8.10. The van der Waals surface area contributed by atoms with Gasteiger partial charge in [0.2, 0.25) is 0 Å². The van der Waals surface area contributed by atoms with Crippen molar-refractivity contribution in [2.45, 2.75) is 70.2 Å². The molecule has 3 aromatic carbocycles. The third-order valence-corrected chi connectivity index (χ3v) is 23.1. The van der Waals surface area contributed by atoms with Crippen LogP contribution >= 0.6 is 12.2 Å². The van der Waals surface area contributed by atoms with E-state index in [1.165, 1.54) is 29.1 Å². The summed E-state index contributed by atoms with van der Waals surface area (Å²) in [6.45, 7) is 14.7. The first-order chi connectivity index (χ1) is 14.9. The van der Waals surface area contributed by atoms with E-state index in [4.69, 9.17) is 0 Å². The molecule has 0 heterocycles. The van der Waals surface area contributed by atoms with Gasteiger partial charge in [-0.2, -0.15) is 0 Å². The average Bonchev–Trinajstić information content (AvgIpc) is 2.74. The van der Waals surface area contributed by atoms with Gasteiger partial charge in [0.1, 0.15) is 0 Å². The van der Waals surface area contributed by atoms with Gasteiger partial charge >= 0.3 is 208 Å². The van der Waals surface area contributed by atoms with Gasteiger partial charge in [-0.1, -0.05) is 0 Å². The molecule has 3 aromatic rings. The average molecular weight is 571 g/mol. The molecule has 0 saturated heterocycles. The van der Waals surface area contributed by atoms with Crippen LogP contribution in [0.1, 0.15) is 58.2 Å². The quantitative estimate of drug-likeness (QED) is 0.240. The topological polar surface area (TPSA) is 0 Å². The zero-order valence-corrected chi connectivity index (χ0v) is 24.7. The molecule has 0 bridgehead atoms. The molecule has 170 valence electrons. The van der Waals surface area contributed by atoms with E-state index in [9.17, 15) is 0 Å². The first kappa shape index (κ1) is 25.6. The van der Waals surface area contributed by atoms with Gasteiger partial charge in [0.05, 0.1) is 0 Å². The predicted molar refractivity (Wildman–Crippen MR) is 142 cm³/mol. The zero-order valence-electron chi connectivity index (χ0n) is 20.7. The van der Waals surface area contributed by atoms with E-state index in [2.05, 4.69) is 145 Å². The Labute approximate surface area is 206 Å². The SMILES string of the molecule is CC(C)([CH2][Zr]([Br])([CH2]C(C)(C)c1ccccc1)[CH2]C(C)(C)c1ccccc1)c1ccccc1. The summed E-state index contributed by atoms with van der Waals surface area (Å²) < 4.78 is 3.83. The van der Waals surface area contributed by atoms with Crippen molar-refractivity contribution in [2.24, 2.45) is 0 Å². The fourth-order valence-corrected chi connectivity index (χ4v) is 32.1. The summed E-state index contributed by atoms with van der Waals surface area (Å²) in [4.78, 5) is 0. The van der Waals surface area contributed by atoms with Crippen LogP contribution in [0.3, 0.4) is 0 Å². The van der Waals surface area contributed by atoms with E-state index in [-0.39, 0.29) is 16.2 Å². The van der Waals surface area contributed by atoms with Gasteiger partial charge < -0.3 is 0 Å². The molecule has 0 spiro atoms. The number of rotatable bonds is 9. The molecule has 3 rings (SSSR count). The number of hydrogen-bond acceptors (Lipinski definition) is 0. The Morgan fingerprint density at radius 3 is 0.906 bits per heavy atom. The van der Waals surface area contributed by atoms with Crippen LogP contribution in [0.2, 0.25) is 12.4 Å². The fraction of sp³-hybridized carbons (Fsp3) is 0.400. The number of halogens is 1. The molecule has 0 fully saturated rings. The second-order valence-electron chi connectivity index (χ2n) is 11.4. The van der Waals surface area contributed by atoms with E-state index in [1.54, 1.807) is 0 Å².